The number of halogens is 1. The van der Waals surface area contributed by atoms with Gasteiger partial charge in [-0.15, -0.1) is 0 Å². The molecule has 0 spiro atoms. The van der Waals surface area contributed by atoms with Crippen LogP contribution in [0.3, 0.4) is 0 Å². The lowest BCUT2D eigenvalue weighted by Gasteiger charge is -2.30. The monoisotopic (exact) mass is 277 g/mol. The first kappa shape index (κ1) is 13.6. The molecule has 108 valence electrons. The zero-order valence-electron chi connectivity index (χ0n) is 11.6. The van der Waals surface area contributed by atoms with Gasteiger partial charge < -0.3 is 10.1 Å². The fraction of sp³-hybridized carbons (Fsp3) is 0.562. The molecule has 0 aromatic heterocycles. The van der Waals surface area contributed by atoms with E-state index in [0.29, 0.717) is 18.4 Å². The highest BCUT2D eigenvalue weighted by atomic mass is 19.1. The molecule has 1 aromatic rings. The molecule has 2 aliphatic rings. The topological polar surface area (TPSA) is 38.3 Å². The van der Waals surface area contributed by atoms with E-state index >= 15 is 0 Å². The van der Waals surface area contributed by atoms with Crippen LogP contribution in [0.5, 0.6) is 0 Å². The lowest BCUT2D eigenvalue weighted by atomic mass is 9.84. The van der Waals surface area contributed by atoms with Crippen LogP contribution in [0.2, 0.25) is 0 Å². The van der Waals surface area contributed by atoms with E-state index in [1.165, 1.54) is 25.7 Å². The third-order valence-corrected chi connectivity index (χ3v) is 4.84. The number of nitrogens with one attached hydrogen (secondary N) is 1. The number of ether oxygens (including phenoxy) is 1. The number of benzene rings is 1. The molecule has 4 heteroatoms. The normalized spacial score (nSPS) is 31.5. The molecule has 0 saturated heterocycles. The van der Waals surface area contributed by atoms with E-state index in [2.05, 4.69) is 5.32 Å². The molecule has 20 heavy (non-hydrogen) atoms. The van der Waals surface area contributed by atoms with Gasteiger partial charge in [-0.1, -0.05) is 12.1 Å². The van der Waals surface area contributed by atoms with Crippen LogP contribution in [0.15, 0.2) is 24.3 Å². The largest absolute Gasteiger partial charge is 0.469 e. The predicted octanol–water partition coefficient (Wildman–Crippen LogP) is 2.50. The first-order chi connectivity index (χ1) is 9.69. The van der Waals surface area contributed by atoms with Gasteiger partial charge in [-0.2, -0.15) is 0 Å². The van der Waals surface area contributed by atoms with Crippen molar-refractivity contribution in [1.82, 2.24) is 5.32 Å². The van der Waals surface area contributed by atoms with Crippen molar-refractivity contribution in [2.24, 2.45) is 17.8 Å². The fourth-order valence-electron chi connectivity index (χ4n) is 3.90. The summed E-state index contributed by atoms with van der Waals surface area (Å²) in [7, 11) is 1.46. The Kier molecular flexibility index (Phi) is 3.74. The van der Waals surface area contributed by atoms with Crippen molar-refractivity contribution in [3.8, 4) is 0 Å². The molecule has 0 unspecified atom stereocenters. The maximum absolute atomic E-state index is 12.9. The molecule has 3 nitrogen and oxygen atoms in total. The molecule has 2 aliphatic carbocycles. The highest BCUT2D eigenvalue weighted by Gasteiger charge is 2.51. The van der Waals surface area contributed by atoms with Crippen molar-refractivity contribution >= 4 is 5.97 Å². The van der Waals surface area contributed by atoms with Gasteiger partial charge in [0.25, 0.3) is 0 Å². The fourth-order valence-corrected chi connectivity index (χ4v) is 3.90. The van der Waals surface area contributed by atoms with E-state index in [-0.39, 0.29) is 23.7 Å². The molecular formula is C16H20FNO2. The number of rotatable bonds is 4. The molecule has 0 heterocycles. The van der Waals surface area contributed by atoms with Crippen LogP contribution in [-0.4, -0.2) is 19.1 Å². The molecule has 2 fully saturated rings. The zero-order chi connectivity index (χ0) is 14.1. The van der Waals surface area contributed by atoms with Crippen molar-refractivity contribution in [3.63, 3.8) is 0 Å². The van der Waals surface area contributed by atoms with Gasteiger partial charge in [-0.3, -0.25) is 4.79 Å². The van der Waals surface area contributed by atoms with Crippen molar-refractivity contribution in [3.05, 3.63) is 35.6 Å². The summed E-state index contributed by atoms with van der Waals surface area (Å²) in [6, 6.07) is 6.70. The lowest BCUT2D eigenvalue weighted by molar-refractivity contribution is -0.148. The minimum atomic E-state index is -0.221. The van der Waals surface area contributed by atoms with Gasteiger partial charge in [0.15, 0.2) is 0 Å². The molecule has 0 aliphatic heterocycles. The SMILES string of the molecule is COC(=O)[C@@H]1[C@@H]2CC[C@@H](C2)[C@@H]1NCc1ccc(F)cc1. The third kappa shape index (κ3) is 2.44. The first-order valence-corrected chi connectivity index (χ1v) is 7.24. The summed E-state index contributed by atoms with van der Waals surface area (Å²) in [5, 5.41) is 3.49. The Morgan fingerprint density at radius 1 is 1.30 bits per heavy atom. The number of carbonyl (C=O) groups excluding carboxylic acids is 1. The number of carbonyl (C=O) groups is 1. The average Bonchev–Trinajstić information content (AvgIpc) is 3.06. The molecule has 0 radical (unpaired) electrons. The summed E-state index contributed by atoms with van der Waals surface area (Å²) >= 11 is 0. The van der Waals surface area contributed by atoms with Gasteiger partial charge in [0, 0.05) is 12.6 Å². The number of hydrogen-bond acceptors (Lipinski definition) is 3. The molecule has 2 bridgehead atoms. The molecule has 4 atom stereocenters. The number of hydrogen-bond donors (Lipinski definition) is 1. The minimum Gasteiger partial charge on any atom is -0.469 e. The molecule has 1 N–H and O–H groups in total. The smallest absolute Gasteiger partial charge is 0.310 e. The molecular weight excluding hydrogens is 257 g/mol. The Bertz CT molecular complexity index is 488. The van der Waals surface area contributed by atoms with Gasteiger partial charge in [0.2, 0.25) is 0 Å². The maximum Gasteiger partial charge on any atom is 0.310 e. The minimum absolute atomic E-state index is 0.0146. The van der Waals surface area contributed by atoms with Gasteiger partial charge in [-0.05, 0) is 48.8 Å². The van der Waals surface area contributed by atoms with Crippen LogP contribution in [0.4, 0.5) is 4.39 Å². The Labute approximate surface area is 118 Å². The summed E-state index contributed by atoms with van der Waals surface area (Å²) in [5.74, 6) is 0.719. The predicted molar refractivity (Wildman–Crippen MR) is 73.4 cm³/mol. The van der Waals surface area contributed by atoms with Crippen LogP contribution in [0.25, 0.3) is 0 Å². The highest BCUT2D eigenvalue weighted by Crippen LogP contribution is 2.48. The van der Waals surface area contributed by atoms with E-state index in [9.17, 15) is 9.18 Å². The number of methoxy groups -OCH3 is 1. The molecule has 1 aromatic carbocycles. The van der Waals surface area contributed by atoms with E-state index in [1.807, 2.05) is 0 Å². The quantitative estimate of drug-likeness (QED) is 0.859. The Morgan fingerprint density at radius 2 is 2.00 bits per heavy atom. The van der Waals surface area contributed by atoms with Gasteiger partial charge >= 0.3 is 5.97 Å². The average molecular weight is 277 g/mol. The van der Waals surface area contributed by atoms with Crippen LogP contribution in [0.1, 0.15) is 24.8 Å². The Hall–Kier alpha value is -1.42. The Balaban J connectivity index is 1.66. The van der Waals surface area contributed by atoms with Crippen LogP contribution < -0.4 is 5.32 Å². The van der Waals surface area contributed by atoms with Gasteiger partial charge in [-0.25, -0.2) is 4.39 Å². The van der Waals surface area contributed by atoms with Gasteiger partial charge in [0.1, 0.15) is 5.82 Å². The number of esters is 1. The van der Waals surface area contributed by atoms with Gasteiger partial charge in [0.05, 0.1) is 13.0 Å². The molecule has 0 amide bonds. The van der Waals surface area contributed by atoms with E-state index in [4.69, 9.17) is 4.74 Å². The Morgan fingerprint density at radius 3 is 2.70 bits per heavy atom. The van der Waals surface area contributed by atoms with E-state index in [0.717, 1.165) is 18.4 Å². The molecule has 3 rings (SSSR count). The standard InChI is InChI=1S/C16H20FNO2/c1-20-16(19)14-11-4-5-12(8-11)15(14)18-9-10-2-6-13(17)7-3-10/h2-3,6-7,11-12,14-15,18H,4-5,8-9H2,1H3/t11-,12+,14-,15+/m1/s1. The summed E-state index contributed by atoms with van der Waals surface area (Å²) in [5.41, 5.74) is 1.04. The lowest BCUT2D eigenvalue weighted by Crippen LogP contribution is -2.44. The first-order valence-electron chi connectivity index (χ1n) is 7.24. The third-order valence-electron chi connectivity index (χ3n) is 4.84. The number of fused-ring (bicyclic) bond motifs is 2. The summed E-state index contributed by atoms with van der Waals surface area (Å²) < 4.78 is 17.8. The van der Waals surface area contributed by atoms with Crippen LogP contribution in [-0.2, 0) is 16.1 Å². The second kappa shape index (κ2) is 5.52. The van der Waals surface area contributed by atoms with Crippen LogP contribution in [0, 0.1) is 23.6 Å². The van der Waals surface area contributed by atoms with Crippen molar-refractivity contribution in [1.29, 1.82) is 0 Å². The van der Waals surface area contributed by atoms with E-state index < -0.39 is 0 Å². The second-order valence-corrected chi connectivity index (χ2v) is 5.92. The van der Waals surface area contributed by atoms with Crippen molar-refractivity contribution in [2.75, 3.05) is 7.11 Å². The zero-order valence-corrected chi connectivity index (χ0v) is 11.6. The van der Waals surface area contributed by atoms with Crippen molar-refractivity contribution in [2.45, 2.75) is 31.8 Å². The highest BCUT2D eigenvalue weighted by molar-refractivity contribution is 5.74. The summed E-state index contributed by atoms with van der Waals surface area (Å²) in [6.07, 6.45) is 3.46. The summed E-state index contributed by atoms with van der Waals surface area (Å²) in [4.78, 5) is 12.0. The maximum atomic E-state index is 12.9. The molecule has 2 saturated carbocycles. The second-order valence-electron chi connectivity index (χ2n) is 5.92. The summed E-state index contributed by atoms with van der Waals surface area (Å²) in [6.45, 7) is 0.668. The van der Waals surface area contributed by atoms with E-state index in [1.54, 1.807) is 12.1 Å². The van der Waals surface area contributed by atoms with Crippen molar-refractivity contribution < 1.29 is 13.9 Å². The van der Waals surface area contributed by atoms with Crippen LogP contribution >= 0.6 is 0 Å².